The number of nitrogens with zero attached hydrogens (tertiary/aromatic N) is 7. The minimum atomic E-state index is 0.0771. The van der Waals surface area contributed by atoms with Gasteiger partial charge in [-0.15, -0.1) is 0 Å². The molecule has 1 aliphatic carbocycles. The predicted octanol–water partition coefficient (Wildman–Crippen LogP) is 16.4. The lowest BCUT2D eigenvalue weighted by Gasteiger charge is -2.21. The fourth-order valence-electron chi connectivity index (χ4n) is 11.7. The second-order valence-electron chi connectivity index (χ2n) is 19.2. The van der Waals surface area contributed by atoms with E-state index in [-0.39, 0.29) is 5.92 Å². The number of hydrogen-bond donors (Lipinski definition) is 0. The Morgan fingerprint density at radius 1 is 0.307 bits per heavy atom. The van der Waals surface area contributed by atoms with Gasteiger partial charge in [-0.3, -0.25) is 9.97 Å². The van der Waals surface area contributed by atoms with Crippen LogP contribution in [0.4, 0.5) is 0 Å². The van der Waals surface area contributed by atoms with Crippen LogP contribution in [0.3, 0.4) is 0 Å². The highest BCUT2D eigenvalue weighted by molar-refractivity contribution is 6.13. The molecule has 0 N–H and O–H groups in total. The molecule has 0 fully saturated rings. The standard InChI is InChI=1S/C68H43N7/c1-3-17-43(18-4-1)56-38-48(68-72-66(46-21-15-35-69-41-46)71-67(73-68)47-22-16-36-70-42-47)39-57(44-19-5-2-6-20-44)65(56)75-62-33-31-45(64-54-27-9-7-23-50(54)51-24-8-10-28-55(51)64)37-58(62)59-40-49(32-34-63(59)75)74-60-29-13-11-25-52(60)53-26-12-14-30-61(53)74/h1-42,64H. The van der Waals surface area contributed by atoms with Crippen molar-refractivity contribution in [3.8, 4) is 78.9 Å². The van der Waals surface area contributed by atoms with Gasteiger partial charge in [0.15, 0.2) is 17.5 Å². The van der Waals surface area contributed by atoms with Crippen LogP contribution in [0.5, 0.6) is 0 Å². The summed E-state index contributed by atoms with van der Waals surface area (Å²) < 4.78 is 4.93. The van der Waals surface area contributed by atoms with E-state index in [0.29, 0.717) is 17.5 Å². The summed E-state index contributed by atoms with van der Waals surface area (Å²) in [6.07, 6.45) is 7.12. The monoisotopic (exact) mass is 957 g/mol. The number of para-hydroxylation sites is 2. The van der Waals surface area contributed by atoms with Crippen molar-refractivity contribution < 1.29 is 0 Å². The van der Waals surface area contributed by atoms with E-state index in [2.05, 4.69) is 225 Å². The maximum atomic E-state index is 5.23. The molecule has 0 radical (unpaired) electrons. The first-order valence-corrected chi connectivity index (χ1v) is 25.3. The molecule has 350 valence electrons. The van der Waals surface area contributed by atoms with Crippen LogP contribution in [0.2, 0.25) is 0 Å². The summed E-state index contributed by atoms with van der Waals surface area (Å²) in [6.45, 7) is 0. The van der Waals surface area contributed by atoms with Crippen LogP contribution in [0.1, 0.15) is 22.6 Å². The SMILES string of the molecule is c1ccc(-c2cc(-c3nc(-c4cccnc4)nc(-c4cccnc4)n3)cc(-c3ccccc3)c2-n2c3ccc(C4c5ccccc5-c5ccccc54)cc3c3cc(-n4c5ccccc5c5ccccc54)ccc32)cc1. The zero-order valence-electron chi connectivity index (χ0n) is 40.5. The van der Waals surface area contributed by atoms with Crippen molar-refractivity contribution in [2.45, 2.75) is 5.92 Å². The molecule has 0 aliphatic heterocycles. The summed E-state index contributed by atoms with van der Waals surface area (Å²) in [4.78, 5) is 24.3. The van der Waals surface area contributed by atoms with Crippen molar-refractivity contribution >= 4 is 43.6 Å². The van der Waals surface area contributed by atoms with E-state index in [0.717, 1.165) is 66.7 Å². The van der Waals surface area contributed by atoms with Crippen molar-refractivity contribution in [1.29, 1.82) is 0 Å². The van der Waals surface area contributed by atoms with Gasteiger partial charge in [-0.2, -0.15) is 0 Å². The molecule has 5 aromatic heterocycles. The topological polar surface area (TPSA) is 74.3 Å². The molecular weight excluding hydrogens is 915 g/mol. The summed E-state index contributed by atoms with van der Waals surface area (Å²) >= 11 is 0. The number of hydrogen-bond acceptors (Lipinski definition) is 5. The van der Waals surface area contributed by atoms with E-state index in [1.54, 1.807) is 24.8 Å². The first-order valence-electron chi connectivity index (χ1n) is 25.3. The van der Waals surface area contributed by atoms with Gasteiger partial charge in [0, 0.05) is 85.8 Å². The van der Waals surface area contributed by atoms with Gasteiger partial charge in [-0.25, -0.2) is 15.0 Å². The van der Waals surface area contributed by atoms with E-state index in [1.165, 1.54) is 55.0 Å². The Kier molecular flexibility index (Phi) is 9.81. The predicted molar refractivity (Wildman–Crippen MR) is 304 cm³/mol. The largest absolute Gasteiger partial charge is 0.309 e. The molecule has 75 heavy (non-hydrogen) atoms. The maximum absolute atomic E-state index is 5.23. The number of rotatable bonds is 8. The van der Waals surface area contributed by atoms with Gasteiger partial charge in [0.25, 0.3) is 0 Å². The van der Waals surface area contributed by atoms with Crippen LogP contribution in [0.15, 0.2) is 255 Å². The van der Waals surface area contributed by atoms with E-state index in [9.17, 15) is 0 Å². The van der Waals surface area contributed by atoms with Crippen molar-refractivity contribution in [2.75, 3.05) is 0 Å². The van der Waals surface area contributed by atoms with Crippen LogP contribution in [-0.4, -0.2) is 34.1 Å². The van der Waals surface area contributed by atoms with Gasteiger partial charge in [-0.05, 0) is 118 Å². The Morgan fingerprint density at radius 2 is 0.760 bits per heavy atom. The van der Waals surface area contributed by atoms with Crippen LogP contribution in [0.25, 0.3) is 123 Å². The molecule has 0 bridgehead atoms. The third-order valence-electron chi connectivity index (χ3n) is 15.0. The summed E-state index contributed by atoms with van der Waals surface area (Å²) in [5.74, 6) is 1.68. The van der Waals surface area contributed by atoms with Crippen LogP contribution >= 0.6 is 0 Å². The maximum Gasteiger partial charge on any atom is 0.165 e. The van der Waals surface area contributed by atoms with Gasteiger partial charge in [-0.1, -0.05) is 152 Å². The normalized spacial score (nSPS) is 12.2. The molecule has 15 rings (SSSR count). The molecule has 5 heterocycles. The second-order valence-corrected chi connectivity index (χ2v) is 19.2. The molecule has 0 saturated carbocycles. The van der Waals surface area contributed by atoms with E-state index in [1.807, 2.05) is 24.3 Å². The molecule has 9 aromatic carbocycles. The molecule has 14 aromatic rings. The Hall–Kier alpha value is -10.1. The third-order valence-corrected chi connectivity index (χ3v) is 15.0. The molecule has 1 aliphatic rings. The second kappa shape index (κ2) is 17.3. The van der Waals surface area contributed by atoms with Crippen LogP contribution in [0, 0.1) is 0 Å². The van der Waals surface area contributed by atoms with E-state index < -0.39 is 0 Å². The Morgan fingerprint density at radius 3 is 1.31 bits per heavy atom. The zero-order valence-corrected chi connectivity index (χ0v) is 40.5. The Labute approximate surface area is 432 Å². The molecule has 0 saturated heterocycles. The zero-order chi connectivity index (χ0) is 49.4. The quantitative estimate of drug-likeness (QED) is 0.152. The number of aromatic nitrogens is 7. The fraction of sp³-hybridized carbons (Fsp3) is 0.0147. The molecule has 0 unspecified atom stereocenters. The highest BCUT2D eigenvalue weighted by Crippen LogP contribution is 2.50. The minimum absolute atomic E-state index is 0.0771. The average Bonchev–Trinajstić information content (AvgIpc) is 4.13. The summed E-state index contributed by atoms with van der Waals surface area (Å²) in [6, 6.07) is 83.3. The third kappa shape index (κ3) is 6.93. The average molecular weight is 958 g/mol. The fourth-order valence-corrected chi connectivity index (χ4v) is 11.7. The molecular formula is C68H43N7. The first kappa shape index (κ1) is 42.6. The summed E-state index contributed by atoms with van der Waals surface area (Å²) in [5, 5.41) is 4.80. The van der Waals surface area contributed by atoms with Crippen molar-refractivity contribution in [3.05, 3.63) is 272 Å². The van der Waals surface area contributed by atoms with E-state index in [4.69, 9.17) is 15.0 Å². The molecule has 0 amide bonds. The van der Waals surface area contributed by atoms with Crippen LogP contribution < -0.4 is 0 Å². The number of pyridine rings is 2. The molecule has 7 nitrogen and oxygen atoms in total. The van der Waals surface area contributed by atoms with Gasteiger partial charge in [0.05, 0.1) is 27.8 Å². The number of benzene rings is 9. The summed E-state index contributed by atoms with van der Waals surface area (Å²) in [7, 11) is 0. The molecule has 0 atom stereocenters. The van der Waals surface area contributed by atoms with Gasteiger partial charge in [0.1, 0.15) is 0 Å². The van der Waals surface area contributed by atoms with E-state index >= 15 is 0 Å². The Balaban J connectivity index is 1.04. The lowest BCUT2D eigenvalue weighted by molar-refractivity contribution is 1.02. The summed E-state index contributed by atoms with van der Waals surface area (Å²) in [5.41, 5.74) is 19.9. The smallest absolute Gasteiger partial charge is 0.165 e. The number of fused-ring (bicyclic) bond motifs is 9. The van der Waals surface area contributed by atoms with Crippen molar-refractivity contribution in [3.63, 3.8) is 0 Å². The molecule has 7 heteroatoms. The van der Waals surface area contributed by atoms with Crippen molar-refractivity contribution in [1.82, 2.24) is 34.1 Å². The lowest BCUT2D eigenvalue weighted by atomic mass is 9.88. The van der Waals surface area contributed by atoms with Crippen molar-refractivity contribution in [2.24, 2.45) is 0 Å². The minimum Gasteiger partial charge on any atom is -0.309 e. The van der Waals surface area contributed by atoms with Crippen LogP contribution in [-0.2, 0) is 0 Å². The lowest BCUT2D eigenvalue weighted by Crippen LogP contribution is -2.04. The van der Waals surface area contributed by atoms with Gasteiger partial charge >= 0.3 is 0 Å². The highest BCUT2D eigenvalue weighted by Gasteiger charge is 2.31. The Bertz CT molecular complexity index is 4310. The van der Waals surface area contributed by atoms with Gasteiger partial charge in [0.2, 0.25) is 0 Å². The first-order chi connectivity index (χ1) is 37.2. The highest BCUT2D eigenvalue weighted by atomic mass is 15.0. The van der Waals surface area contributed by atoms with Gasteiger partial charge < -0.3 is 9.13 Å². The molecule has 0 spiro atoms.